The molecule has 0 atom stereocenters. The van der Waals surface area contributed by atoms with Crippen molar-refractivity contribution in [3.8, 4) is 0 Å². The van der Waals surface area contributed by atoms with Crippen LogP contribution >= 0.6 is 0 Å². The molecule has 0 aliphatic heterocycles. The van der Waals surface area contributed by atoms with Crippen molar-refractivity contribution in [1.82, 2.24) is 0 Å². The molecule has 0 aliphatic rings. The highest BCUT2D eigenvalue weighted by Gasteiger charge is 2.33. The fourth-order valence-electron chi connectivity index (χ4n) is 4.65. The van der Waals surface area contributed by atoms with Gasteiger partial charge in [0.2, 0.25) is 0 Å². The number of unbranched alkanes of at least 4 members (excludes halogenated alkanes) is 16. The number of quaternary nitrogens is 1. The molecule has 0 saturated carbocycles. The number of carboxylic acids is 3. The molecule has 35 heavy (non-hydrogen) atoms. The average molecular weight is 498 g/mol. The average Bonchev–Trinajstić information content (AvgIpc) is 2.76. The minimum atomic E-state index is -1.43. The van der Waals surface area contributed by atoms with Crippen LogP contribution in [0.25, 0.3) is 0 Å². The van der Waals surface area contributed by atoms with E-state index >= 15 is 0 Å². The molecule has 0 rings (SSSR count). The Kier molecular flexibility index (Phi) is 21.3. The largest absolute Gasteiger partial charge is 0.544 e. The number of hydrogen-bond donors (Lipinski definition) is 2. The summed E-state index contributed by atoms with van der Waals surface area (Å²) >= 11 is 0. The van der Waals surface area contributed by atoms with E-state index in [9.17, 15) is 19.5 Å². The number of allylic oxidation sites excluding steroid dienone is 2. The summed E-state index contributed by atoms with van der Waals surface area (Å²) in [6.45, 7) is 0.786. The summed E-state index contributed by atoms with van der Waals surface area (Å²) in [5.74, 6) is -3.85. The fourth-order valence-corrected chi connectivity index (χ4v) is 4.65. The third kappa shape index (κ3) is 22.3. The zero-order chi connectivity index (χ0) is 26.2. The van der Waals surface area contributed by atoms with E-state index in [0.717, 1.165) is 19.3 Å². The molecule has 204 valence electrons. The van der Waals surface area contributed by atoms with Crippen LogP contribution in [0.3, 0.4) is 0 Å². The highest BCUT2D eigenvalue weighted by atomic mass is 16.4. The third-order valence-corrected chi connectivity index (χ3v) is 6.55. The monoisotopic (exact) mass is 497 g/mol. The zero-order valence-corrected chi connectivity index (χ0v) is 22.2. The standard InChI is InChI=1S/C28H51NO6/c1-2-3-4-5-6-7-8-9-10-11-12-13-14-15-16-17-18-19-20-21-22-29(23-26(30)31,24-27(32)33)25-28(34)35/h17-18H,2-16,19-25H2,1H3,(H2-,30,31,32,33,34,35)/b18-17+. The van der Waals surface area contributed by atoms with Crippen molar-refractivity contribution in [3.63, 3.8) is 0 Å². The SMILES string of the molecule is CCCCCCCCCCCCCCCC/C=C/CCCC[N+](CC(=O)[O-])(CC(=O)O)CC(=O)O. The van der Waals surface area contributed by atoms with Crippen molar-refractivity contribution >= 4 is 17.9 Å². The number of rotatable bonds is 26. The molecule has 0 fully saturated rings. The number of hydrogen-bond acceptors (Lipinski definition) is 4. The highest BCUT2D eigenvalue weighted by Crippen LogP contribution is 2.14. The molecule has 0 unspecified atom stereocenters. The predicted molar refractivity (Wildman–Crippen MR) is 138 cm³/mol. The minimum absolute atomic E-state index is 0.194. The summed E-state index contributed by atoms with van der Waals surface area (Å²) in [5.41, 5.74) is 0. The van der Waals surface area contributed by atoms with Gasteiger partial charge in [-0.2, -0.15) is 0 Å². The van der Waals surface area contributed by atoms with Gasteiger partial charge in [0.1, 0.15) is 6.54 Å². The first-order valence-corrected chi connectivity index (χ1v) is 13.9. The van der Waals surface area contributed by atoms with Crippen molar-refractivity contribution in [3.05, 3.63) is 12.2 Å². The van der Waals surface area contributed by atoms with E-state index in [0.29, 0.717) is 6.42 Å². The zero-order valence-electron chi connectivity index (χ0n) is 22.2. The van der Waals surface area contributed by atoms with Gasteiger partial charge in [-0.25, -0.2) is 9.59 Å². The molecule has 7 heteroatoms. The molecular formula is C28H51NO6. The van der Waals surface area contributed by atoms with Crippen molar-refractivity contribution in [1.29, 1.82) is 0 Å². The van der Waals surface area contributed by atoms with E-state index in [1.165, 1.54) is 89.9 Å². The predicted octanol–water partition coefficient (Wildman–Crippen LogP) is 5.32. The second-order valence-corrected chi connectivity index (χ2v) is 10.1. The maximum Gasteiger partial charge on any atom is 0.359 e. The van der Waals surface area contributed by atoms with Gasteiger partial charge in [-0.05, 0) is 32.1 Å². The Labute approximate surface area is 213 Å². The van der Waals surface area contributed by atoms with Crippen molar-refractivity contribution in [2.45, 2.75) is 122 Å². The van der Waals surface area contributed by atoms with E-state index < -0.39 is 42.0 Å². The van der Waals surface area contributed by atoms with Gasteiger partial charge >= 0.3 is 11.9 Å². The van der Waals surface area contributed by atoms with Crippen LogP contribution in [-0.2, 0) is 14.4 Å². The highest BCUT2D eigenvalue weighted by molar-refractivity contribution is 5.72. The van der Waals surface area contributed by atoms with Gasteiger partial charge < -0.3 is 24.6 Å². The van der Waals surface area contributed by atoms with Gasteiger partial charge in [0, 0.05) is 0 Å². The van der Waals surface area contributed by atoms with E-state index in [4.69, 9.17) is 10.2 Å². The van der Waals surface area contributed by atoms with Crippen LogP contribution in [0.15, 0.2) is 12.2 Å². The van der Waals surface area contributed by atoms with E-state index in [1.807, 2.05) is 0 Å². The van der Waals surface area contributed by atoms with Crippen molar-refractivity contribution in [2.75, 3.05) is 26.2 Å². The molecule has 0 bridgehead atoms. The van der Waals surface area contributed by atoms with E-state index in [-0.39, 0.29) is 6.54 Å². The number of aliphatic carboxylic acids is 3. The summed E-state index contributed by atoms with van der Waals surface area (Å²) in [6, 6.07) is 0. The Morgan fingerprint density at radius 3 is 1.34 bits per heavy atom. The Bertz CT molecular complexity index is 549. The lowest BCUT2D eigenvalue weighted by molar-refractivity contribution is -0.909. The summed E-state index contributed by atoms with van der Waals surface area (Å²) in [6.07, 6.45) is 26.4. The molecule has 0 amide bonds. The molecular weight excluding hydrogens is 446 g/mol. The lowest BCUT2D eigenvalue weighted by atomic mass is 10.0. The van der Waals surface area contributed by atoms with Gasteiger partial charge in [-0.15, -0.1) is 0 Å². The lowest BCUT2D eigenvalue weighted by Crippen LogP contribution is -2.59. The van der Waals surface area contributed by atoms with E-state index in [2.05, 4.69) is 19.1 Å². The van der Waals surface area contributed by atoms with Crippen LogP contribution < -0.4 is 5.11 Å². The maximum absolute atomic E-state index is 11.2. The second kappa shape index (κ2) is 22.6. The molecule has 0 radical (unpaired) electrons. The first-order chi connectivity index (χ1) is 16.8. The molecule has 0 heterocycles. The molecule has 0 aromatic rings. The third-order valence-electron chi connectivity index (χ3n) is 6.55. The van der Waals surface area contributed by atoms with Crippen LogP contribution in [-0.4, -0.2) is 58.8 Å². The Balaban J connectivity index is 3.76. The fraction of sp³-hybridized carbons (Fsp3) is 0.821. The smallest absolute Gasteiger partial charge is 0.359 e. The normalized spacial score (nSPS) is 11.8. The molecule has 0 spiro atoms. The van der Waals surface area contributed by atoms with Gasteiger partial charge in [-0.1, -0.05) is 103 Å². The molecule has 0 aliphatic carbocycles. The number of nitrogens with zero attached hydrogens (tertiary/aromatic N) is 1. The maximum atomic E-state index is 11.2. The first-order valence-electron chi connectivity index (χ1n) is 13.9. The first kappa shape index (κ1) is 33.1. The van der Waals surface area contributed by atoms with Gasteiger partial charge in [0.25, 0.3) is 0 Å². The van der Waals surface area contributed by atoms with Crippen molar-refractivity contribution < 1.29 is 34.2 Å². The minimum Gasteiger partial charge on any atom is -0.544 e. The van der Waals surface area contributed by atoms with Gasteiger partial charge in [-0.3, -0.25) is 0 Å². The summed E-state index contributed by atoms with van der Waals surface area (Å²) in [5, 5.41) is 29.3. The Hall–Kier alpha value is -1.89. The van der Waals surface area contributed by atoms with Crippen LogP contribution in [0.2, 0.25) is 0 Å². The molecule has 0 saturated heterocycles. The van der Waals surface area contributed by atoms with Crippen LogP contribution in [0.4, 0.5) is 0 Å². The number of carboxylic acid groups (broad SMARTS) is 3. The number of carbonyl (C=O) groups excluding carboxylic acids is 1. The number of carbonyl (C=O) groups is 3. The molecule has 7 nitrogen and oxygen atoms in total. The molecule has 2 N–H and O–H groups in total. The summed E-state index contributed by atoms with van der Waals surface area (Å²) in [7, 11) is 0. The summed E-state index contributed by atoms with van der Waals surface area (Å²) < 4.78 is -0.518. The van der Waals surface area contributed by atoms with Crippen LogP contribution in [0.1, 0.15) is 122 Å². The van der Waals surface area contributed by atoms with Gasteiger partial charge in [0.05, 0.1) is 12.5 Å². The molecule has 0 aromatic heterocycles. The Morgan fingerprint density at radius 1 is 0.600 bits per heavy atom. The van der Waals surface area contributed by atoms with Gasteiger partial charge in [0.15, 0.2) is 13.1 Å². The second-order valence-electron chi connectivity index (χ2n) is 10.1. The van der Waals surface area contributed by atoms with Crippen LogP contribution in [0, 0.1) is 0 Å². The Morgan fingerprint density at radius 2 is 0.971 bits per heavy atom. The van der Waals surface area contributed by atoms with E-state index in [1.54, 1.807) is 0 Å². The van der Waals surface area contributed by atoms with Crippen LogP contribution in [0.5, 0.6) is 0 Å². The quantitative estimate of drug-likeness (QED) is 0.0949. The van der Waals surface area contributed by atoms with Crippen molar-refractivity contribution in [2.24, 2.45) is 0 Å². The molecule has 0 aromatic carbocycles. The lowest BCUT2D eigenvalue weighted by Gasteiger charge is -2.36. The topological polar surface area (TPSA) is 115 Å². The summed E-state index contributed by atoms with van der Waals surface area (Å²) in [4.78, 5) is 33.4.